The predicted octanol–water partition coefficient (Wildman–Crippen LogP) is 2.48. The summed E-state index contributed by atoms with van der Waals surface area (Å²) in [6.07, 6.45) is 1.88. The molecule has 0 saturated heterocycles. The lowest BCUT2D eigenvalue weighted by Crippen LogP contribution is -1.94. The Morgan fingerprint density at radius 3 is 2.72 bits per heavy atom. The number of benzene rings is 1. The van der Waals surface area contributed by atoms with Gasteiger partial charge in [-0.1, -0.05) is 26.0 Å². The lowest BCUT2D eigenvalue weighted by Gasteiger charge is -1.98. The van der Waals surface area contributed by atoms with Crippen LogP contribution in [-0.2, 0) is 5.33 Å². The van der Waals surface area contributed by atoms with E-state index in [4.69, 9.17) is 0 Å². The van der Waals surface area contributed by atoms with Gasteiger partial charge < -0.3 is 0 Å². The van der Waals surface area contributed by atoms with Crippen LogP contribution in [-0.4, -0.2) is 22.0 Å². The molecule has 5 heteroatoms. The normalized spacial score (nSPS) is 9.00. The third kappa shape index (κ3) is 2.97. The van der Waals surface area contributed by atoms with Crippen LogP contribution in [0.2, 0.25) is 0 Å². The summed E-state index contributed by atoms with van der Waals surface area (Å²) in [4.78, 5) is 3.68. The van der Waals surface area contributed by atoms with Crippen molar-refractivity contribution >= 4 is 15.9 Å². The van der Waals surface area contributed by atoms with E-state index in [1.807, 2.05) is 30.5 Å². The molecule has 1 aromatic heterocycles. The molecule has 0 bridgehead atoms. The zero-order valence-corrected chi connectivity index (χ0v) is 11.3. The second-order valence-electron chi connectivity index (χ2n) is 3.42. The summed E-state index contributed by atoms with van der Waals surface area (Å²) in [5.74, 6) is 5.65. The number of hydrogen-bond donors (Lipinski definition) is 0. The summed E-state index contributed by atoms with van der Waals surface area (Å²) in [6, 6.07) is 10.3. The van der Waals surface area contributed by atoms with Crippen LogP contribution in [0.1, 0.15) is 11.3 Å². The van der Waals surface area contributed by atoms with E-state index in [-0.39, 0.29) is 0 Å². The SMILES string of the molecule is C[N+]#CC#Cc1ccc(-n2cc(CBr)nn2)cc1. The summed E-state index contributed by atoms with van der Waals surface area (Å²) in [5.41, 5.74) is 2.76. The van der Waals surface area contributed by atoms with Crippen LogP contribution in [0.25, 0.3) is 10.5 Å². The molecule has 0 atom stereocenters. The lowest BCUT2D eigenvalue weighted by atomic mass is 10.2. The van der Waals surface area contributed by atoms with E-state index in [0.717, 1.165) is 16.9 Å². The molecular weight excluding hydrogens is 292 g/mol. The third-order valence-corrected chi connectivity index (χ3v) is 2.76. The molecule has 0 spiro atoms. The largest absolute Gasteiger partial charge is 0.365 e. The average Bonchev–Trinajstić information content (AvgIpc) is 2.89. The van der Waals surface area contributed by atoms with Gasteiger partial charge in [-0.2, -0.15) is 0 Å². The molecule has 1 heterocycles. The Bertz CT molecular complexity index is 650. The van der Waals surface area contributed by atoms with E-state index in [9.17, 15) is 0 Å². The van der Waals surface area contributed by atoms with Crippen molar-refractivity contribution in [2.45, 2.75) is 5.33 Å². The molecule has 0 radical (unpaired) electrons. The fourth-order valence-electron chi connectivity index (χ4n) is 1.34. The summed E-state index contributed by atoms with van der Waals surface area (Å²) in [5, 5.41) is 8.74. The van der Waals surface area contributed by atoms with Gasteiger partial charge in [0.15, 0.2) is 0 Å². The quantitative estimate of drug-likeness (QED) is 0.631. The number of rotatable bonds is 2. The molecule has 0 N–H and O–H groups in total. The van der Waals surface area contributed by atoms with Crippen molar-refractivity contribution in [1.82, 2.24) is 15.0 Å². The maximum atomic E-state index is 4.04. The van der Waals surface area contributed by atoms with Crippen LogP contribution >= 0.6 is 15.9 Å². The van der Waals surface area contributed by atoms with Gasteiger partial charge in [0.05, 0.1) is 23.5 Å². The molecule has 0 aliphatic heterocycles. The molecule has 18 heavy (non-hydrogen) atoms. The Labute approximate surface area is 114 Å². The van der Waals surface area contributed by atoms with Crippen molar-refractivity contribution in [2.24, 2.45) is 0 Å². The standard InChI is InChI=1S/C13H10BrN4/c1-15-8-2-3-11-4-6-13(7-5-11)18-10-12(9-14)16-17-18/h4-7,10H,9H2,1H3/q+1. The smallest absolute Gasteiger partial charge is 0.220 e. The highest BCUT2D eigenvalue weighted by atomic mass is 79.9. The minimum absolute atomic E-state index is 0.697. The van der Waals surface area contributed by atoms with Gasteiger partial charge in [0.25, 0.3) is 7.05 Å². The molecule has 0 saturated carbocycles. The van der Waals surface area contributed by atoms with Crippen molar-refractivity contribution in [2.75, 3.05) is 7.05 Å². The van der Waals surface area contributed by atoms with Gasteiger partial charge >= 0.3 is 6.07 Å². The number of hydrogen-bond acceptors (Lipinski definition) is 2. The first-order valence-corrected chi connectivity index (χ1v) is 6.38. The van der Waals surface area contributed by atoms with Crippen LogP contribution in [0.5, 0.6) is 0 Å². The van der Waals surface area contributed by atoms with Crippen LogP contribution in [0, 0.1) is 17.9 Å². The fraction of sp³-hybridized carbons (Fsp3) is 0.154. The highest BCUT2D eigenvalue weighted by Gasteiger charge is 2.00. The van der Waals surface area contributed by atoms with E-state index >= 15 is 0 Å². The molecular formula is C13H10BrN4+. The van der Waals surface area contributed by atoms with Gasteiger partial charge in [-0.05, 0) is 30.2 Å². The van der Waals surface area contributed by atoms with Gasteiger partial charge in [-0.3, -0.25) is 0 Å². The molecule has 0 aliphatic carbocycles. The summed E-state index contributed by atoms with van der Waals surface area (Å²) < 4.78 is 1.73. The number of aromatic nitrogens is 3. The Hall–Kier alpha value is -2.11. The molecule has 0 aliphatic rings. The van der Waals surface area contributed by atoms with Crippen molar-refractivity contribution in [3.05, 3.63) is 46.6 Å². The van der Waals surface area contributed by atoms with E-state index in [1.165, 1.54) is 0 Å². The fourth-order valence-corrected chi connectivity index (χ4v) is 1.60. The number of halogens is 1. The summed E-state index contributed by atoms with van der Waals surface area (Å²) in [7, 11) is 1.64. The van der Waals surface area contributed by atoms with Gasteiger partial charge in [-0.15, -0.1) is 5.10 Å². The Morgan fingerprint density at radius 1 is 1.33 bits per heavy atom. The number of nitrogens with zero attached hydrogens (tertiary/aromatic N) is 4. The van der Waals surface area contributed by atoms with E-state index in [1.54, 1.807) is 11.7 Å². The summed E-state index contributed by atoms with van der Waals surface area (Å²) >= 11 is 3.34. The van der Waals surface area contributed by atoms with Crippen molar-refractivity contribution in [1.29, 1.82) is 0 Å². The zero-order chi connectivity index (χ0) is 12.8. The molecule has 4 nitrogen and oxygen atoms in total. The van der Waals surface area contributed by atoms with Gasteiger partial charge in [0.2, 0.25) is 0 Å². The molecule has 1 aromatic carbocycles. The van der Waals surface area contributed by atoms with E-state index in [0.29, 0.717) is 5.33 Å². The Kier molecular flexibility index (Phi) is 4.11. The molecule has 0 amide bonds. The lowest BCUT2D eigenvalue weighted by molar-refractivity contribution is 0.800. The Morgan fingerprint density at radius 2 is 2.11 bits per heavy atom. The van der Waals surface area contributed by atoms with Crippen LogP contribution < -0.4 is 0 Å². The molecule has 88 valence electrons. The first-order chi connectivity index (χ1) is 8.83. The molecule has 2 rings (SSSR count). The summed E-state index contributed by atoms with van der Waals surface area (Å²) in [6.45, 7) is 0. The van der Waals surface area contributed by atoms with Gasteiger partial charge in [-0.25, -0.2) is 4.68 Å². The maximum Gasteiger partial charge on any atom is 0.365 e. The minimum Gasteiger partial charge on any atom is -0.220 e. The van der Waals surface area contributed by atoms with E-state index < -0.39 is 0 Å². The zero-order valence-electron chi connectivity index (χ0n) is 9.76. The van der Waals surface area contributed by atoms with Crippen LogP contribution in [0.15, 0.2) is 30.5 Å². The van der Waals surface area contributed by atoms with Crippen molar-refractivity contribution in [3.63, 3.8) is 0 Å². The third-order valence-electron chi connectivity index (χ3n) is 2.18. The van der Waals surface area contributed by atoms with Crippen LogP contribution in [0.4, 0.5) is 0 Å². The van der Waals surface area contributed by atoms with Crippen molar-refractivity contribution in [3.8, 4) is 23.6 Å². The van der Waals surface area contributed by atoms with Crippen molar-refractivity contribution < 1.29 is 0 Å². The maximum absolute atomic E-state index is 4.04. The first-order valence-electron chi connectivity index (χ1n) is 5.26. The highest BCUT2D eigenvalue weighted by molar-refractivity contribution is 9.08. The second-order valence-corrected chi connectivity index (χ2v) is 3.98. The first kappa shape index (κ1) is 12.3. The van der Waals surface area contributed by atoms with Gasteiger partial charge in [0.1, 0.15) is 0 Å². The second kappa shape index (κ2) is 6.00. The number of alkyl halides is 1. The minimum atomic E-state index is 0.697. The monoisotopic (exact) mass is 301 g/mol. The highest BCUT2D eigenvalue weighted by Crippen LogP contribution is 2.09. The molecule has 2 aromatic rings. The topological polar surface area (TPSA) is 35.1 Å². The van der Waals surface area contributed by atoms with E-state index in [2.05, 4.69) is 49.0 Å². The van der Waals surface area contributed by atoms with Crippen LogP contribution in [0.3, 0.4) is 0 Å². The predicted molar refractivity (Wildman–Crippen MR) is 74.0 cm³/mol. The Balaban J connectivity index is 2.21. The molecule has 0 fully saturated rings. The molecule has 0 unspecified atom stereocenters. The van der Waals surface area contributed by atoms with Gasteiger partial charge in [0, 0.05) is 10.9 Å². The average molecular weight is 302 g/mol.